The van der Waals surface area contributed by atoms with E-state index < -0.39 is 0 Å². The van der Waals surface area contributed by atoms with Gasteiger partial charge >= 0.3 is 0 Å². The van der Waals surface area contributed by atoms with E-state index in [1.54, 1.807) is 11.1 Å². The van der Waals surface area contributed by atoms with E-state index in [4.69, 9.17) is 0 Å². The second-order valence-corrected chi connectivity index (χ2v) is 9.54. The second-order valence-electron chi connectivity index (χ2n) is 9.54. The SMILES string of the molecule is CC(C)[C@@H](C)/C=C/[C@@H](C)[C@H]1CC=C2c3ccc4ccccc4c3CC[C@@]21C. The summed E-state index contributed by atoms with van der Waals surface area (Å²) in [4.78, 5) is 0. The minimum atomic E-state index is 0.320. The molecule has 0 fully saturated rings. The highest BCUT2D eigenvalue weighted by atomic mass is 14.5. The number of hydrogen-bond donors (Lipinski definition) is 0. The largest absolute Gasteiger partial charge is 0.0852 e. The molecule has 0 radical (unpaired) electrons. The average Bonchev–Trinajstić information content (AvgIpc) is 3.02. The monoisotopic (exact) mass is 358 g/mol. The molecule has 2 aromatic rings. The van der Waals surface area contributed by atoms with E-state index in [1.807, 2.05) is 0 Å². The smallest absolute Gasteiger partial charge is 0.00325 e. The Morgan fingerprint density at radius 2 is 1.78 bits per heavy atom. The van der Waals surface area contributed by atoms with Crippen LogP contribution in [-0.4, -0.2) is 0 Å². The first-order valence-corrected chi connectivity index (χ1v) is 10.8. The van der Waals surface area contributed by atoms with Crippen molar-refractivity contribution in [3.63, 3.8) is 0 Å². The minimum Gasteiger partial charge on any atom is -0.0852 e. The Kier molecular flexibility index (Phi) is 4.78. The van der Waals surface area contributed by atoms with Gasteiger partial charge in [-0.15, -0.1) is 0 Å². The van der Waals surface area contributed by atoms with Crippen LogP contribution in [0.5, 0.6) is 0 Å². The number of benzene rings is 2. The Hall–Kier alpha value is -1.82. The van der Waals surface area contributed by atoms with Crippen molar-refractivity contribution >= 4 is 16.3 Å². The number of rotatable bonds is 4. The Morgan fingerprint density at radius 3 is 2.56 bits per heavy atom. The lowest BCUT2D eigenvalue weighted by Crippen LogP contribution is -2.32. The highest BCUT2D eigenvalue weighted by Crippen LogP contribution is 2.58. The van der Waals surface area contributed by atoms with E-state index in [9.17, 15) is 0 Å². The van der Waals surface area contributed by atoms with Gasteiger partial charge in [0.15, 0.2) is 0 Å². The van der Waals surface area contributed by atoms with Crippen molar-refractivity contribution in [1.82, 2.24) is 0 Å². The van der Waals surface area contributed by atoms with Gasteiger partial charge in [-0.3, -0.25) is 0 Å². The molecule has 0 aliphatic heterocycles. The fourth-order valence-corrected chi connectivity index (χ4v) is 5.42. The zero-order chi connectivity index (χ0) is 19.2. The fraction of sp³-hybridized carbons (Fsp3) is 0.481. The Labute approximate surface area is 165 Å². The molecule has 0 nitrogen and oxygen atoms in total. The predicted octanol–water partition coefficient (Wildman–Crippen LogP) is 7.68. The molecule has 2 aliphatic carbocycles. The Balaban J connectivity index is 1.65. The molecular weight excluding hydrogens is 324 g/mol. The van der Waals surface area contributed by atoms with E-state index >= 15 is 0 Å². The third-order valence-electron chi connectivity index (χ3n) is 7.64. The van der Waals surface area contributed by atoms with Crippen molar-refractivity contribution in [2.75, 3.05) is 0 Å². The molecule has 4 atom stereocenters. The molecule has 0 saturated carbocycles. The van der Waals surface area contributed by atoms with E-state index in [-0.39, 0.29) is 0 Å². The van der Waals surface area contributed by atoms with Crippen LogP contribution in [0.25, 0.3) is 16.3 Å². The topological polar surface area (TPSA) is 0 Å². The van der Waals surface area contributed by atoms with Gasteiger partial charge in [0, 0.05) is 0 Å². The van der Waals surface area contributed by atoms with Crippen molar-refractivity contribution in [3.8, 4) is 0 Å². The van der Waals surface area contributed by atoms with Crippen LogP contribution in [0.4, 0.5) is 0 Å². The van der Waals surface area contributed by atoms with Crippen molar-refractivity contribution in [2.45, 2.75) is 53.9 Å². The van der Waals surface area contributed by atoms with E-state index in [0.717, 1.165) is 11.8 Å². The maximum atomic E-state index is 2.56. The van der Waals surface area contributed by atoms with E-state index in [1.165, 1.54) is 35.6 Å². The average molecular weight is 359 g/mol. The molecular formula is C27H34. The molecule has 0 unspecified atom stereocenters. The summed E-state index contributed by atoms with van der Waals surface area (Å²) in [5.41, 5.74) is 5.04. The number of aryl methyl sites for hydroxylation is 1. The van der Waals surface area contributed by atoms with E-state index in [0.29, 0.717) is 17.3 Å². The number of allylic oxidation sites excluding steroid dienone is 4. The first-order chi connectivity index (χ1) is 12.9. The first-order valence-electron chi connectivity index (χ1n) is 10.8. The second kappa shape index (κ2) is 6.97. The quantitative estimate of drug-likeness (QED) is 0.492. The molecule has 0 aromatic heterocycles. The minimum absolute atomic E-state index is 0.320. The molecule has 142 valence electrons. The summed E-state index contributed by atoms with van der Waals surface area (Å²) in [5.74, 6) is 2.73. The van der Waals surface area contributed by atoms with Crippen LogP contribution in [0.2, 0.25) is 0 Å². The molecule has 0 amide bonds. The van der Waals surface area contributed by atoms with Gasteiger partial charge in [-0.25, -0.2) is 0 Å². The maximum absolute atomic E-state index is 2.56. The molecule has 4 rings (SSSR count). The van der Waals surface area contributed by atoms with E-state index in [2.05, 4.69) is 89.2 Å². The summed E-state index contributed by atoms with van der Waals surface area (Å²) in [5, 5.41) is 2.84. The molecule has 27 heavy (non-hydrogen) atoms. The molecule has 0 N–H and O–H groups in total. The lowest BCUT2D eigenvalue weighted by molar-refractivity contribution is 0.217. The number of fused-ring (bicyclic) bond motifs is 5. The van der Waals surface area contributed by atoms with Crippen LogP contribution in [0.15, 0.2) is 54.6 Å². The third-order valence-corrected chi connectivity index (χ3v) is 7.64. The lowest BCUT2D eigenvalue weighted by atomic mass is 9.62. The summed E-state index contributed by atoms with van der Waals surface area (Å²) in [7, 11) is 0. The molecule has 2 aromatic carbocycles. The van der Waals surface area contributed by atoms with Crippen LogP contribution in [0.3, 0.4) is 0 Å². The van der Waals surface area contributed by atoms with Crippen LogP contribution >= 0.6 is 0 Å². The van der Waals surface area contributed by atoms with Gasteiger partial charge in [0.25, 0.3) is 0 Å². The summed E-state index contributed by atoms with van der Waals surface area (Å²) in [6.07, 6.45) is 11.2. The van der Waals surface area contributed by atoms with Gasteiger partial charge in [0.2, 0.25) is 0 Å². The maximum Gasteiger partial charge on any atom is -0.00325 e. The van der Waals surface area contributed by atoms with Gasteiger partial charge < -0.3 is 0 Å². The molecule has 0 heteroatoms. The molecule has 2 aliphatic rings. The summed E-state index contributed by atoms with van der Waals surface area (Å²) in [6.45, 7) is 11.9. The predicted molar refractivity (Wildman–Crippen MR) is 119 cm³/mol. The lowest BCUT2D eigenvalue weighted by Gasteiger charge is -2.42. The highest BCUT2D eigenvalue weighted by molar-refractivity contribution is 5.92. The zero-order valence-electron chi connectivity index (χ0n) is 17.6. The standard InChI is InChI=1S/C27H34/c1-18(2)19(3)10-11-20(4)25-14-15-26-24-13-12-21-8-6-7-9-22(21)23(24)16-17-27(25,26)5/h6-13,15,18-20,25H,14,16-17H2,1-5H3/b11-10+/t19-,20+,25+,27+/m0/s1. The van der Waals surface area contributed by atoms with Crippen molar-refractivity contribution in [1.29, 1.82) is 0 Å². The Morgan fingerprint density at radius 1 is 1.00 bits per heavy atom. The highest BCUT2D eigenvalue weighted by Gasteiger charge is 2.46. The van der Waals surface area contributed by atoms with Crippen LogP contribution < -0.4 is 0 Å². The van der Waals surface area contributed by atoms with Crippen LogP contribution in [0.1, 0.15) is 58.6 Å². The molecule has 0 saturated heterocycles. The third kappa shape index (κ3) is 3.08. The molecule has 0 spiro atoms. The Bertz CT molecular complexity index is 897. The van der Waals surface area contributed by atoms with Crippen molar-refractivity contribution in [2.24, 2.45) is 29.1 Å². The summed E-state index contributed by atoms with van der Waals surface area (Å²) in [6, 6.07) is 13.6. The van der Waals surface area contributed by atoms with Crippen molar-refractivity contribution in [3.05, 3.63) is 65.8 Å². The zero-order valence-corrected chi connectivity index (χ0v) is 17.6. The fourth-order valence-electron chi connectivity index (χ4n) is 5.42. The van der Waals surface area contributed by atoms with Gasteiger partial charge in [-0.1, -0.05) is 89.2 Å². The first kappa shape index (κ1) is 18.5. The van der Waals surface area contributed by atoms with Gasteiger partial charge in [0.05, 0.1) is 0 Å². The number of hydrogen-bond acceptors (Lipinski definition) is 0. The van der Waals surface area contributed by atoms with Crippen LogP contribution in [-0.2, 0) is 6.42 Å². The molecule has 0 bridgehead atoms. The van der Waals surface area contributed by atoms with Crippen LogP contribution in [0, 0.1) is 29.1 Å². The summed E-state index contributed by atoms with van der Waals surface area (Å²) < 4.78 is 0. The normalized spacial score (nSPS) is 26.9. The van der Waals surface area contributed by atoms with Crippen molar-refractivity contribution < 1.29 is 0 Å². The summed E-state index contributed by atoms with van der Waals surface area (Å²) >= 11 is 0. The van der Waals surface area contributed by atoms with Gasteiger partial charge in [-0.05, 0) is 75.8 Å². The van der Waals surface area contributed by atoms with Gasteiger partial charge in [0.1, 0.15) is 0 Å². The van der Waals surface area contributed by atoms with Gasteiger partial charge in [-0.2, -0.15) is 0 Å². The molecule has 0 heterocycles.